The van der Waals surface area contributed by atoms with Crippen LogP contribution in [-0.2, 0) is 12.8 Å². The van der Waals surface area contributed by atoms with Gasteiger partial charge in [-0.2, -0.15) is 0 Å². The first kappa shape index (κ1) is 9.26. The topological polar surface area (TPSA) is 54.7 Å². The largest absolute Gasteiger partial charge is 0.346 e. The first-order valence-corrected chi connectivity index (χ1v) is 4.52. The van der Waals surface area contributed by atoms with Gasteiger partial charge in [0.1, 0.15) is 5.82 Å². The molecular formula is C9H17N3. The molecule has 0 fully saturated rings. The Bertz CT molecular complexity index is 240. The van der Waals surface area contributed by atoms with Gasteiger partial charge < -0.3 is 10.7 Å². The van der Waals surface area contributed by atoms with Crippen LogP contribution in [0.3, 0.4) is 0 Å². The summed E-state index contributed by atoms with van der Waals surface area (Å²) < 4.78 is 0. The lowest BCUT2D eigenvalue weighted by molar-refractivity contribution is 0.857. The van der Waals surface area contributed by atoms with Gasteiger partial charge in [-0.1, -0.05) is 13.3 Å². The molecule has 0 aliphatic heterocycles. The highest BCUT2D eigenvalue weighted by Crippen LogP contribution is 2.07. The van der Waals surface area contributed by atoms with Crippen molar-refractivity contribution in [3.05, 3.63) is 17.2 Å². The molecule has 0 aromatic carbocycles. The average molecular weight is 167 g/mol. The normalized spacial score (nSPS) is 10.6. The van der Waals surface area contributed by atoms with Crippen molar-refractivity contribution in [1.29, 1.82) is 0 Å². The molecule has 3 nitrogen and oxygen atoms in total. The Labute approximate surface area is 73.4 Å². The minimum Gasteiger partial charge on any atom is -0.346 e. The number of nitrogens with two attached hydrogens (primary N) is 1. The van der Waals surface area contributed by atoms with Gasteiger partial charge in [0.05, 0.1) is 5.69 Å². The smallest absolute Gasteiger partial charge is 0.107 e. The molecule has 1 heterocycles. The Morgan fingerprint density at radius 3 is 2.75 bits per heavy atom. The van der Waals surface area contributed by atoms with Crippen molar-refractivity contribution in [3.8, 4) is 0 Å². The summed E-state index contributed by atoms with van der Waals surface area (Å²) >= 11 is 0. The van der Waals surface area contributed by atoms with Gasteiger partial charge in [0.15, 0.2) is 0 Å². The zero-order valence-electron chi connectivity index (χ0n) is 7.85. The number of nitrogens with one attached hydrogen (secondary N) is 1. The van der Waals surface area contributed by atoms with Crippen LogP contribution in [0, 0.1) is 6.92 Å². The van der Waals surface area contributed by atoms with E-state index in [1.54, 1.807) is 0 Å². The first-order valence-electron chi connectivity index (χ1n) is 4.52. The molecule has 0 unspecified atom stereocenters. The van der Waals surface area contributed by atoms with E-state index in [0.29, 0.717) is 6.54 Å². The fourth-order valence-electron chi connectivity index (χ4n) is 1.30. The van der Waals surface area contributed by atoms with Crippen LogP contribution in [0.15, 0.2) is 0 Å². The van der Waals surface area contributed by atoms with Crippen LogP contribution in [0.5, 0.6) is 0 Å². The summed E-state index contributed by atoms with van der Waals surface area (Å²) in [5.41, 5.74) is 7.82. The summed E-state index contributed by atoms with van der Waals surface area (Å²) in [6.45, 7) is 4.90. The second kappa shape index (κ2) is 4.26. The fourth-order valence-corrected chi connectivity index (χ4v) is 1.30. The number of aryl methyl sites for hydroxylation is 2. The van der Waals surface area contributed by atoms with Gasteiger partial charge in [-0.3, -0.25) is 0 Å². The van der Waals surface area contributed by atoms with Crippen molar-refractivity contribution >= 4 is 0 Å². The van der Waals surface area contributed by atoms with Crippen LogP contribution in [0.4, 0.5) is 0 Å². The summed E-state index contributed by atoms with van der Waals surface area (Å²) in [4.78, 5) is 7.69. The standard InChI is InChI=1S/C9H17N3/c1-3-4-8-7(2)11-9(12-8)5-6-10/h3-6,10H2,1-2H3,(H,11,12). The van der Waals surface area contributed by atoms with E-state index < -0.39 is 0 Å². The third-order valence-corrected chi connectivity index (χ3v) is 1.90. The van der Waals surface area contributed by atoms with E-state index in [0.717, 1.165) is 25.1 Å². The van der Waals surface area contributed by atoms with Crippen LogP contribution in [0.2, 0.25) is 0 Å². The van der Waals surface area contributed by atoms with Crippen LogP contribution in [-0.4, -0.2) is 16.5 Å². The maximum atomic E-state index is 5.43. The third kappa shape index (κ3) is 2.08. The van der Waals surface area contributed by atoms with E-state index in [1.807, 2.05) is 0 Å². The average Bonchev–Trinajstić information content (AvgIpc) is 2.34. The summed E-state index contributed by atoms with van der Waals surface area (Å²) in [5.74, 6) is 1.03. The van der Waals surface area contributed by atoms with Crippen LogP contribution < -0.4 is 5.73 Å². The van der Waals surface area contributed by atoms with Gasteiger partial charge in [0.2, 0.25) is 0 Å². The Morgan fingerprint density at radius 2 is 2.17 bits per heavy atom. The number of nitrogens with zero attached hydrogens (tertiary/aromatic N) is 1. The van der Waals surface area contributed by atoms with Crippen molar-refractivity contribution in [1.82, 2.24) is 9.97 Å². The molecule has 0 atom stereocenters. The SMILES string of the molecule is CCCc1nc(CCN)[nH]c1C. The van der Waals surface area contributed by atoms with Crippen LogP contribution >= 0.6 is 0 Å². The number of rotatable bonds is 4. The highest BCUT2D eigenvalue weighted by molar-refractivity contribution is 5.13. The molecule has 0 aliphatic carbocycles. The Balaban J connectivity index is 2.70. The Kier molecular flexibility index (Phi) is 3.29. The number of H-pyrrole nitrogens is 1. The number of hydrogen-bond acceptors (Lipinski definition) is 2. The molecule has 0 saturated heterocycles. The van der Waals surface area contributed by atoms with Gasteiger partial charge in [-0.15, -0.1) is 0 Å². The quantitative estimate of drug-likeness (QED) is 0.707. The molecule has 0 saturated carbocycles. The van der Waals surface area contributed by atoms with Gasteiger partial charge in [0.25, 0.3) is 0 Å². The van der Waals surface area contributed by atoms with E-state index in [4.69, 9.17) is 5.73 Å². The van der Waals surface area contributed by atoms with Crippen molar-refractivity contribution < 1.29 is 0 Å². The van der Waals surface area contributed by atoms with E-state index >= 15 is 0 Å². The first-order chi connectivity index (χ1) is 5.77. The van der Waals surface area contributed by atoms with Crippen LogP contribution in [0.25, 0.3) is 0 Å². The predicted octanol–water partition coefficient (Wildman–Crippen LogP) is 1.17. The molecule has 1 rings (SSSR count). The number of imidazole rings is 1. The lowest BCUT2D eigenvalue weighted by atomic mass is 10.2. The second-order valence-corrected chi connectivity index (χ2v) is 3.04. The maximum Gasteiger partial charge on any atom is 0.107 e. The van der Waals surface area contributed by atoms with Gasteiger partial charge >= 0.3 is 0 Å². The number of aromatic nitrogens is 2. The molecule has 3 N–H and O–H groups in total. The Morgan fingerprint density at radius 1 is 1.42 bits per heavy atom. The monoisotopic (exact) mass is 167 g/mol. The molecule has 0 aliphatic rings. The lowest BCUT2D eigenvalue weighted by Gasteiger charge is -1.91. The van der Waals surface area contributed by atoms with E-state index in [2.05, 4.69) is 23.8 Å². The molecule has 0 spiro atoms. The van der Waals surface area contributed by atoms with E-state index in [9.17, 15) is 0 Å². The molecule has 0 radical (unpaired) electrons. The van der Waals surface area contributed by atoms with E-state index in [1.165, 1.54) is 11.4 Å². The molecule has 12 heavy (non-hydrogen) atoms. The van der Waals surface area contributed by atoms with Crippen molar-refractivity contribution in [2.75, 3.05) is 6.54 Å². The molecular weight excluding hydrogens is 150 g/mol. The molecule has 1 aromatic heterocycles. The van der Waals surface area contributed by atoms with Crippen molar-refractivity contribution in [3.63, 3.8) is 0 Å². The highest BCUT2D eigenvalue weighted by atomic mass is 14.9. The van der Waals surface area contributed by atoms with E-state index in [-0.39, 0.29) is 0 Å². The minimum atomic E-state index is 0.665. The number of aromatic amines is 1. The predicted molar refractivity (Wildman–Crippen MR) is 50.1 cm³/mol. The fraction of sp³-hybridized carbons (Fsp3) is 0.667. The Hall–Kier alpha value is -0.830. The minimum absolute atomic E-state index is 0.665. The maximum absolute atomic E-state index is 5.43. The van der Waals surface area contributed by atoms with Crippen molar-refractivity contribution in [2.45, 2.75) is 33.1 Å². The molecule has 0 amide bonds. The van der Waals surface area contributed by atoms with Crippen LogP contribution in [0.1, 0.15) is 30.6 Å². The highest BCUT2D eigenvalue weighted by Gasteiger charge is 2.03. The summed E-state index contributed by atoms with van der Waals surface area (Å²) in [6.07, 6.45) is 3.06. The van der Waals surface area contributed by atoms with Gasteiger partial charge in [-0.05, 0) is 19.9 Å². The van der Waals surface area contributed by atoms with Gasteiger partial charge in [0, 0.05) is 12.1 Å². The molecule has 1 aromatic rings. The molecule has 68 valence electrons. The summed E-state index contributed by atoms with van der Waals surface area (Å²) in [7, 11) is 0. The van der Waals surface area contributed by atoms with Crippen molar-refractivity contribution in [2.24, 2.45) is 5.73 Å². The zero-order valence-corrected chi connectivity index (χ0v) is 7.85. The zero-order chi connectivity index (χ0) is 8.97. The third-order valence-electron chi connectivity index (χ3n) is 1.90. The lowest BCUT2D eigenvalue weighted by Crippen LogP contribution is -2.04. The van der Waals surface area contributed by atoms with Gasteiger partial charge in [-0.25, -0.2) is 4.98 Å². The number of hydrogen-bond donors (Lipinski definition) is 2. The summed E-state index contributed by atoms with van der Waals surface area (Å²) in [5, 5.41) is 0. The molecule has 0 bridgehead atoms. The second-order valence-electron chi connectivity index (χ2n) is 3.04. The molecule has 3 heteroatoms. The summed E-state index contributed by atoms with van der Waals surface area (Å²) in [6, 6.07) is 0.